The Morgan fingerprint density at radius 3 is 2.76 bits per heavy atom. The summed E-state index contributed by atoms with van der Waals surface area (Å²) in [6.07, 6.45) is 3.79. The zero-order valence-corrected chi connectivity index (χ0v) is 19.6. The molecule has 8 nitrogen and oxygen atoms in total. The topological polar surface area (TPSA) is 93.7 Å². The predicted octanol–water partition coefficient (Wildman–Crippen LogP) is 4.53. The van der Waals surface area contributed by atoms with Gasteiger partial charge in [-0.25, -0.2) is 14.8 Å². The number of carbonyl (C=O) groups excluding carboxylic acids is 2. The third kappa shape index (κ3) is 4.04. The van der Waals surface area contributed by atoms with E-state index in [1.54, 1.807) is 17.2 Å². The van der Waals surface area contributed by atoms with Gasteiger partial charge in [-0.2, -0.15) is 0 Å². The normalized spacial score (nSPS) is 21.1. The number of rotatable bonds is 6. The molecule has 0 radical (unpaired) electrons. The number of carbonyl (C=O) groups is 2. The molecule has 2 aromatic heterocycles. The number of cyclic esters (lactones) is 1. The summed E-state index contributed by atoms with van der Waals surface area (Å²) in [7, 11) is 0. The molecule has 3 heterocycles. The number of ether oxygens (including phenoxy) is 2. The summed E-state index contributed by atoms with van der Waals surface area (Å²) in [6, 6.07) is 13.2. The third-order valence-electron chi connectivity index (χ3n) is 6.50. The Bertz CT molecular complexity index is 1240. The average Bonchev–Trinajstić information content (AvgIpc) is 3.25. The van der Waals surface area contributed by atoms with Crippen molar-refractivity contribution in [1.29, 1.82) is 0 Å². The highest BCUT2D eigenvalue weighted by Gasteiger charge is 2.51. The zero-order chi connectivity index (χ0) is 23.9. The van der Waals surface area contributed by atoms with Gasteiger partial charge >= 0.3 is 6.09 Å². The van der Waals surface area contributed by atoms with Crippen LogP contribution in [-0.2, 0) is 4.74 Å². The van der Waals surface area contributed by atoms with Gasteiger partial charge < -0.3 is 14.8 Å². The van der Waals surface area contributed by atoms with Crippen molar-refractivity contribution in [2.45, 2.75) is 57.8 Å². The maximum Gasteiger partial charge on any atom is 0.415 e. The first-order valence-corrected chi connectivity index (χ1v) is 11.7. The number of nitrogens with zero attached hydrogens (tertiary/aromatic N) is 3. The number of benzene rings is 1. The lowest BCUT2D eigenvalue weighted by atomic mass is 10.0. The minimum atomic E-state index is -0.581. The van der Waals surface area contributed by atoms with Gasteiger partial charge in [-0.15, -0.1) is 0 Å². The lowest BCUT2D eigenvalue weighted by Gasteiger charge is -2.49. The second kappa shape index (κ2) is 8.59. The third-order valence-corrected chi connectivity index (χ3v) is 6.50. The molecular formula is C26H28N4O4. The van der Waals surface area contributed by atoms with E-state index in [4.69, 9.17) is 14.5 Å². The molecule has 2 amide bonds. The lowest BCUT2D eigenvalue weighted by molar-refractivity contribution is -0.178. The molecule has 1 aliphatic heterocycles. The van der Waals surface area contributed by atoms with Crippen LogP contribution < -0.4 is 10.1 Å². The molecule has 2 atom stereocenters. The minimum Gasteiger partial charge on any atom is -0.478 e. The summed E-state index contributed by atoms with van der Waals surface area (Å²) in [4.78, 5) is 36.2. The van der Waals surface area contributed by atoms with Crippen LogP contribution in [0, 0.1) is 0 Å². The molecule has 0 bridgehead atoms. The molecule has 1 aromatic carbocycles. The molecule has 1 N–H and O–H groups in total. The fourth-order valence-electron chi connectivity index (χ4n) is 4.94. The number of hydrogen-bond donors (Lipinski definition) is 1. The number of hydrogen-bond acceptors (Lipinski definition) is 6. The molecule has 0 unspecified atom stereocenters. The Hall–Kier alpha value is -3.68. The number of amides is 2. The van der Waals surface area contributed by atoms with E-state index in [1.807, 2.05) is 57.2 Å². The van der Waals surface area contributed by atoms with E-state index in [-0.39, 0.29) is 24.1 Å². The number of para-hydroxylation sites is 1. The maximum absolute atomic E-state index is 13.4. The Morgan fingerprint density at radius 2 is 2.06 bits per heavy atom. The molecule has 2 aliphatic rings. The molecule has 0 spiro atoms. The van der Waals surface area contributed by atoms with Crippen molar-refractivity contribution in [3.05, 3.63) is 54.2 Å². The van der Waals surface area contributed by atoms with E-state index >= 15 is 0 Å². The van der Waals surface area contributed by atoms with Crippen LogP contribution in [0.4, 0.5) is 4.79 Å². The first kappa shape index (κ1) is 22.1. The molecule has 176 valence electrons. The van der Waals surface area contributed by atoms with Crippen LogP contribution >= 0.6 is 0 Å². The van der Waals surface area contributed by atoms with Gasteiger partial charge in [0.1, 0.15) is 0 Å². The van der Waals surface area contributed by atoms with E-state index in [1.165, 1.54) is 0 Å². The van der Waals surface area contributed by atoms with Gasteiger partial charge in [0.05, 0.1) is 23.4 Å². The summed E-state index contributed by atoms with van der Waals surface area (Å²) in [5.74, 6) is 0.407. The fourth-order valence-corrected chi connectivity index (χ4v) is 4.94. The molecular weight excluding hydrogens is 432 g/mol. The van der Waals surface area contributed by atoms with Gasteiger partial charge in [0, 0.05) is 35.3 Å². The highest BCUT2D eigenvalue weighted by molar-refractivity contribution is 6.07. The first-order chi connectivity index (χ1) is 16.4. The van der Waals surface area contributed by atoms with Crippen molar-refractivity contribution in [1.82, 2.24) is 20.2 Å². The second-order valence-electron chi connectivity index (χ2n) is 9.21. The predicted molar refractivity (Wildman–Crippen MR) is 127 cm³/mol. The summed E-state index contributed by atoms with van der Waals surface area (Å²) in [5, 5.41) is 3.98. The number of nitrogens with one attached hydrogen (secondary N) is 1. The van der Waals surface area contributed by atoms with Crippen LogP contribution in [-0.4, -0.2) is 51.3 Å². The standard InChI is InChI=1S/C26H28N4O4/c1-4-33-23-12-9-16(15-27-23)22-14-20(19-7-5-6-8-21(19)29-22)24(31)28-17-10-11-18(13-17)30-25(32)34-26(30,2)3/h5-9,12,14-15,17-18H,4,10-11,13H2,1-3H3,(H,28,31)/t17-,18+/m1/s1. The molecule has 1 saturated heterocycles. The molecule has 34 heavy (non-hydrogen) atoms. The molecule has 8 heteroatoms. The number of fused-ring (bicyclic) bond motifs is 1. The maximum atomic E-state index is 13.4. The molecule has 5 rings (SSSR count). The summed E-state index contributed by atoms with van der Waals surface area (Å²) in [5.41, 5.74) is 2.22. The van der Waals surface area contributed by atoms with Crippen LogP contribution in [0.5, 0.6) is 5.88 Å². The van der Waals surface area contributed by atoms with Crippen LogP contribution in [0.3, 0.4) is 0 Å². The average molecular weight is 461 g/mol. The SMILES string of the molecule is CCOc1ccc(-c2cc(C(=O)N[C@@H]3CC[C@H](N4C(=O)OC4(C)C)C3)c3ccccc3n2)cn1. The first-order valence-electron chi connectivity index (χ1n) is 11.7. The van der Waals surface area contributed by atoms with E-state index in [0.29, 0.717) is 30.2 Å². The van der Waals surface area contributed by atoms with E-state index in [2.05, 4.69) is 10.3 Å². The Balaban J connectivity index is 1.38. The fraction of sp³-hybridized carbons (Fsp3) is 0.385. The van der Waals surface area contributed by atoms with Crippen LogP contribution in [0.2, 0.25) is 0 Å². The monoisotopic (exact) mass is 460 g/mol. The zero-order valence-electron chi connectivity index (χ0n) is 19.6. The number of aromatic nitrogens is 2. The quantitative estimate of drug-likeness (QED) is 0.581. The minimum absolute atomic E-state index is 0.00998. The molecule has 1 saturated carbocycles. The van der Waals surface area contributed by atoms with Crippen molar-refractivity contribution in [2.24, 2.45) is 0 Å². The Kier molecular flexibility index (Phi) is 5.59. The van der Waals surface area contributed by atoms with Crippen LogP contribution in [0.1, 0.15) is 50.4 Å². The van der Waals surface area contributed by atoms with Gasteiger partial charge in [0.2, 0.25) is 5.88 Å². The smallest absolute Gasteiger partial charge is 0.415 e. The number of pyridine rings is 2. The Morgan fingerprint density at radius 1 is 1.24 bits per heavy atom. The van der Waals surface area contributed by atoms with Crippen molar-refractivity contribution < 1.29 is 19.1 Å². The summed E-state index contributed by atoms with van der Waals surface area (Å²) < 4.78 is 10.7. The van der Waals surface area contributed by atoms with Gasteiger partial charge in [-0.05, 0) is 58.2 Å². The van der Waals surface area contributed by atoms with Crippen molar-refractivity contribution in [3.63, 3.8) is 0 Å². The Labute approximate surface area is 198 Å². The van der Waals surface area contributed by atoms with Crippen molar-refractivity contribution in [2.75, 3.05) is 6.61 Å². The highest BCUT2D eigenvalue weighted by Crippen LogP contribution is 2.37. The van der Waals surface area contributed by atoms with Gasteiger partial charge in [0.15, 0.2) is 5.72 Å². The van der Waals surface area contributed by atoms with Crippen LogP contribution in [0.25, 0.3) is 22.2 Å². The molecule has 2 fully saturated rings. The van der Waals surface area contributed by atoms with Crippen molar-refractivity contribution in [3.8, 4) is 17.1 Å². The molecule has 3 aromatic rings. The van der Waals surface area contributed by atoms with Gasteiger partial charge in [-0.1, -0.05) is 18.2 Å². The summed E-state index contributed by atoms with van der Waals surface area (Å²) in [6.45, 7) is 6.23. The molecule has 1 aliphatic carbocycles. The largest absolute Gasteiger partial charge is 0.478 e. The summed E-state index contributed by atoms with van der Waals surface area (Å²) >= 11 is 0. The van der Waals surface area contributed by atoms with E-state index < -0.39 is 5.72 Å². The van der Waals surface area contributed by atoms with Crippen LogP contribution in [0.15, 0.2) is 48.7 Å². The van der Waals surface area contributed by atoms with E-state index in [9.17, 15) is 9.59 Å². The highest BCUT2D eigenvalue weighted by atomic mass is 16.6. The van der Waals surface area contributed by atoms with Gasteiger partial charge in [0.25, 0.3) is 5.91 Å². The van der Waals surface area contributed by atoms with Crippen molar-refractivity contribution >= 4 is 22.9 Å². The van der Waals surface area contributed by atoms with Gasteiger partial charge in [-0.3, -0.25) is 9.69 Å². The van der Waals surface area contributed by atoms with E-state index in [0.717, 1.165) is 29.3 Å². The second-order valence-corrected chi connectivity index (χ2v) is 9.21. The lowest BCUT2D eigenvalue weighted by Crippen LogP contribution is -2.65.